The van der Waals surface area contributed by atoms with Gasteiger partial charge in [0.2, 0.25) is 0 Å². The molecule has 0 fully saturated rings. The highest BCUT2D eigenvalue weighted by Crippen LogP contribution is 1.95. The molecule has 0 rings (SSSR count). The Bertz CT molecular complexity index is 102. The lowest BCUT2D eigenvalue weighted by Crippen LogP contribution is -2.35. The van der Waals surface area contributed by atoms with Crippen LogP contribution in [0, 0.1) is 0 Å². The number of rotatable bonds is 3. The van der Waals surface area contributed by atoms with Crippen LogP contribution in [0.1, 0.15) is 20.3 Å². The lowest BCUT2D eigenvalue weighted by Gasteiger charge is -2.17. The third-order valence-corrected chi connectivity index (χ3v) is 1.52. The molecule has 0 aliphatic rings. The number of hydrogen-bond acceptors (Lipinski definition) is 2. The van der Waals surface area contributed by atoms with Gasteiger partial charge in [0.25, 0.3) is 5.91 Å². The highest BCUT2D eigenvalue weighted by atomic mass is 16.3. The Balaban J connectivity index is 3.82. The average Bonchev–Trinajstić information content (AvgIpc) is 2.00. The van der Waals surface area contributed by atoms with Crippen LogP contribution in [0.3, 0.4) is 0 Å². The van der Waals surface area contributed by atoms with Gasteiger partial charge in [-0.05, 0) is 13.3 Å². The Kier molecular flexibility index (Phi) is 4.03. The monoisotopic (exact) mass is 145 g/mol. The molecule has 0 aromatic heterocycles. The van der Waals surface area contributed by atoms with Crippen molar-refractivity contribution in [3.05, 3.63) is 0 Å². The summed E-state index contributed by atoms with van der Waals surface area (Å²) < 4.78 is 0. The van der Waals surface area contributed by atoms with Crippen LogP contribution in [-0.4, -0.2) is 35.6 Å². The van der Waals surface area contributed by atoms with Gasteiger partial charge in [0, 0.05) is 13.6 Å². The van der Waals surface area contributed by atoms with E-state index >= 15 is 0 Å². The summed E-state index contributed by atoms with van der Waals surface area (Å²) in [7, 11) is 1.68. The van der Waals surface area contributed by atoms with Crippen molar-refractivity contribution in [3.8, 4) is 0 Å². The van der Waals surface area contributed by atoms with Gasteiger partial charge in [-0.25, -0.2) is 0 Å². The van der Waals surface area contributed by atoms with Crippen molar-refractivity contribution in [2.75, 3.05) is 13.6 Å². The highest BCUT2D eigenvalue weighted by molar-refractivity contribution is 5.80. The van der Waals surface area contributed by atoms with Gasteiger partial charge >= 0.3 is 0 Å². The molecule has 0 aliphatic carbocycles. The number of likely N-dealkylation sites (N-methyl/N-ethyl adjacent to an activating group) is 1. The molecule has 3 heteroatoms. The number of hydrogen-bond donors (Lipinski definition) is 1. The van der Waals surface area contributed by atoms with Crippen LogP contribution >= 0.6 is 0 Å². The number of aliphatic hydroxyl groups excluding tert-OH is 1. The largest absolute Gasteiger partial charge is 0.383 e. The summed E-state index contributed by atoms with van der Waals surface area (Å²) in [4.78, 5) is 12.5. The first kappa shape index (κ1) is 9.43. The van der Waals surface area contributed by atoms with Crippen molar-refractivity contribution < 1.29 is 9.90 Å². The molecule has 0 saturated carbocycles. The van der Waals surface area contributed by atoms with Gasteiger partial charge in [-0.15, -0.1) is 0 Å². The number of aliphatic hydroxyl groups is 1. The summed E-state index contributed by atoms with van der Waals surface area (Å²) in [5, 5.41) is 9.04. The van der Waals surface area contributed by atoms with Crippen LogP contribution in [0.5, 0.6) is 0 Å². The van der Waals surface area contributed by atoms with E-state index < -0.39 is 6.10 Å². The standard InChI is InChI=1S/C7H15NO2/c1-4-6(9)7(10)8(3)5-2/h6,9H,4-5H2,1-3H3. The molecule has 0 aliphatic heterocycles. The van der Waals surface area contributed by atoms with Gasteiger partial charge in [0.1, 0.15) is 6.10 Å². The topological polar surface area (TPSA) is 40.5 Å². The number of carbonyl (C=O) groups excluding carboxylic acids is 1. The lowest BCUT2D eigenvalue weighted by atomic mass is 10.2. The van der Waals surface area contributed by atoms with Crippen molar-refractivity contribution >= 4 is 5.91 Å². The molecule has 3 nitrogen and oxygen atoms in total. The van der Waals surface area contributed by atoms with E-state index in [1.807, 2.05) is 6.92 Å². The van der Waals surface area contributed by atoms with Crippen molar-refractivity contribution in [1.82, 2.24) is 4.90 Å². The molecule has 0 saturated heterocycles. The summed E-state index contributed by atoms with van der Waals surface area (Å²) in [6, 6.07) is 0. The number of nitrogens with zero attached hydrogens (tertiary/aromatic N) is 1. The average molecular weight is 145 g/mol. The molecule has 10 heavy (non-hydrogen) atoms. The van der Waals surface area contributed by atoms with Crippen molar-refractivity contribution in [1.29, 1.82) is 0 Å². The minimum atomic E-state index is -0.815. The fourth-order valence-corrected chi connectivity index (χ4v) is 0.585. The molecule has 1 amide bonds. The van der Waals surface area contributed by atoms with Gasteiger partial charge < -0.3 is 10.0 Å². The molecule has 0 radical (unpaired) electrons. The smallest absolute Gasteiger partial charge is 0.251 e. The molecule has 1 atom stereocenters. The molecule has 0 aromatic carbocycles. The molecule has 0 aromatic rings. The molecule has 0 spiro atoms. The minimum absolute atomic E-state index is 0.190. The van der Waals surface area contributed by atoms with Gasteiger partial charge in [-0.1, -0.05) is 6.92 Å². The maximum absolute atomic E-state index is 11.0. The first-order chi connectivity index (χ1) is 4.63. The highest BCUT2D eigenvalue weighted by Gasteiger charge is 2.14. The van der Waals surface area contributed by atoms with Crippen molar-refractivity contribution in [2.24, 2.45) is 0 Å². The van der Waals surface area contributed by atoms with Crippen LogP contribution in [-0.2, 0) is 4.79 Å². The molecule has 1 N–H and O–H groups in total. The Labute approximate surface area is 61.6 Å². The lowest BCUT2D eigenvalue weighted by molar-refractivity contribution is -0.138. The zero-order chi connectivity index (χ0) is 8.15. The van der Waals surface area contributed by atoms with E-state index in [4.69, 9.17) is 5.11 Å². The second-order valence-electron chi connectivity index (χ2n) is 2.28. The van der Waals surface area contributed by atoms with Crippen LogP contribution in [0.15, 0.2) is 0 Å². The third-order valence-electron chi connectivity index (χ3n) is 1.52. The quantitative estimate of drug-likeness (QED) is 0.617. The first-order valence-corrected chi connectivity index (χ1v) is 3.56. The summed E-state index contributed by atoms with van der Waals surface area (Å²) in [5.41, 5.74) is 0. The number of carbonyl (C=O) groups is 1. The Morgan fingerprint density at radius 1 is 1.60 bits per heavy atom. The molecule has 0 heterocycles. The van der Waals surface area contributed by atoms with E-state index in [9.17, 15) is 4.79 Å². The summed E-state index contributed by atoms with van der Waals surface area (Å²) in [5.74, 6) is -0.190. The second kappa shape index (κ2) is 4.28. The van der Waals surface area contributed by atoms with Gasteiger partial charge in [-0.2, -0.15) is 0 Å². The van der Waals surface area contributed by atoms with Gasteiger partial charge in [-0.3, -0.25) is 4.79 Å². The Morgan fingerprint density at radius 3 is 2.40 bits per heavy atom. The molecular weight excluding hydrogens is 130 g/mol. The Morgan fingerprint density at radius 2 is 2.10 bits per heavy atom. The SMILES string of the molecule is CCC(O)C(=O)N(C)CC. The molecule has 1 unspecified atom stereocenters. The van der Waals surface area contributed by atoms with E-state index in [0.717, 1.165) is 0 Å². The predicted octanol–water partition coefficient (Wildman–Crippen LogP) is 0.236. The molecule has 0 bridgehead atoms. The summed E-state index contributed by atoms with van der Waals surface area (Å²) in [6.45, 7) is 4.31. The number of amides is 1. The van der Waals surface area contributed by atoms with Gasteiger partial charge in [0.15, 0.2) is 0 Å². The first-order valence-electron chi connectivity index (χ1n) is 3.56. The third kappa shape index (κ3) is 2.35. The predicted molar refractivity (Wildman–Crippen MR) is 39.6 cm³/mol. The second-order valence-corrected chi connectivity index (χ2v) is 2.28. The van der Waals surface area contributed by atoms with E-state index in [-0.39, 0.29) is 5.91 Å². The van der Waals surface area contributed by atoms with Gasteiger partial charge in [0.05, 0.1) is 0 Å². The van der Waals surface area contributed by atoms with Crippen LogP contribution < -0.4 is 0 Å². The van der Waals surface area contributed by atoms with E-state index in [1.54, 1.807) is 14.0 Å². The van der Waals surface area contributed by atoms with Crippen molar-refractivity contribution in [3.63, 3.8) is 0 Å². The molecular formula is C7H15NO2. The summed E-state index contributed by atoms with van der Waals surface area (Å²) >= 11 is 0. The van der Waals surface area contributed by atoms with Crippen LogP contribution in [0.4, 0.5) is 0 Å². The zero-order valence-electron chi connectivity index (χ0n) is 6.79. The Hall–Kier alpha value is -0.570. The summed E-state index contributed by atoms with van der Waals surface area (Å²) in [6.07, 6.45) is -0.326. The normalized spacial score (nSPS) is 12.8. The van der Waals surface area contributed by atoms with E-state index in [0.29, 0.717) is 13.0 Å². The maximum atomic E-state index is 11.0. The fraction of sp³-hybridized carbons (Fsp3) is 0.857. The van der Waals surface area contributed by atoms with Crippen LogP contribution in [0.25, 0.3) is 0 Å². The fourth-order valence-electron chi connectivity index (χ4n) is 0.585. The van der Waals surface area contributed by atoms with E-state index in [1.165, 1.54) is 4.90 Å². The minimum Gasteiger partial charge on any atom is -0.383 e. The zero-order valence-corrected chi connectivity index (χ0v) is 6.79. The van der Waals surface area contributed by atoms with Crippen LogP contribution in [0.2, 0.25) is 0 Å². The maximum Gasteiger partial charge on any atom is 0.251 e. The molecule has 60 valence electrons. The van der Waals surface area contributed by atoms with Crippen molar-refractivity contribution in [2.45, 2.75) is 26.4 Å². The van der Waals surface area contributed by atoms with E-state index in [2.05, 4.69) is 0 Å².